The van der Waals surface area contributed by atoms with Crippen molar-refractivity contribution in [2.24, 2.45) is 5.92 Å². The molecule has 2 rings (SSSR count). The van der Waals surface area contributed by atoms with Crippen LogP contribution in [0.1, 0.15) is 99.8 Å². The largest absolute Gasteiger partial charge is 0.444 e. The van der Waals surface area contributed by atoms with Crippen molar-refractivity contribution in [3.63, 3.8) is 0 Å². The summed E-state index contributed by atoms with van der Waals surface area (Å²) in [5, 5.41) is 6.80. The number of alkyl carbamates (subject to hydrolysis) is 1. The first-order valence-electron chi connectivity index (χ1n) is 12.6. The lowest BCUT2D eigenvalue weighted by Crippen LogP contribution is -2.54. The molecule has 0 radical (unpaired) electrons. The second-order valence-corrected chi connectivity index (χ2v) is 11.5. The van der Waals surface area contributed by atoms with E-state index in [-0.39, 0.29) is 24.3 Å². The van der Waals surface area contributed by atoms with Crippen molar-refractivity contribution < 1.29 is 19.1 Å². The molecule has 2 amide bonds. The predicted octanol–water partition coefficient (Wildman–Crippen LogP) is 5.23. The first-order valence-corrected chi connectivity index (χ1v) is 12.6. The fraction of sp³-hybridized carbons (Fsp3) is 0.920. The lowest BCUT2D eigenvalue weighted by Gasteiger charge is -2.41. The molecule has 1 aliphatic carbocycles. The van der Waals surface area contributed by atoms with E-state index >= 15 is 0 Å². The molecule has 2 N–H and O–H groups in total. The van der Waals surface area contributed by atoms with Crippen molar-refractivity contribution in [2.45, 2.75) is 129 Å². The summed E-state index contributed by atoms with van der Waals surface area (Å²) in [6.45, 7) is 14.9. The molecular formula is C25H47N3O4. The van der Waals surface area contributed by atoms with Gasteiger partial charge in [-0.2, -0.15) is 0 Å². The zero-order valence-electron chi connectivity index (χ0n) is 21.5. The third-order valence-corrected chi connectivity index (χ3v) is 6.22. The molecule has 186 valence electrons. The Morgan fingerprint density at radius 2 is 1.62 bits per heavy atom. The molecule has 32 heavy (non-hydrogen) atoms. The fourth-order valence-corrected chi connectivity index (χ4v) is 5.03. The third kappa shape index (κ3) is 8.80. The molecule has 1 saturated carbocycles. The first-order chi connectivity index (χ1) is 14.9. The van der Waals surface area contributed by atoms with E-state index in [1.807, 2.05) is 46.4 Å². The Labute approximate surface area is 195 Å². The van der Waals surface area contributed by atoms with Crippen molar-refractivity contribution in [1.82, 2.24) is 15.5 Å². The number of amides is 2. The van der Waals surface area contributed by atoms with Gasteiger partial charge in [0.15, 0.2) is 0 Å². The molecule has 0 bridgehead atoms. The molecule has 0 aromatic rings. The maximum atomic E-state index is 12.9. The Morgan fingerprint density at radius 1 is 0.969 bits per heavy atom. The lowest BCUT2D eigenvalue weighted by molar-refractivity contribution is 0.0127. The average molecular weight is 454 g/mol. The Kier molecular flexibility index (Phi) is 9.68. The molecule has 7 heteroatoms. The van der Waals surface area contributed by atoms with Crippen LogP contribution in [0.2, 0.25) is 0 Å². The van der Waals surface area contributed by atoms with Gasteiger partial charge in [-0.3, -0.25) is 0 Å². The van der Waals surface area contributed by atoms with Gasteiger partial charge in [0.25, 0.3) is 0 Å². The number of rotatable bonds is 7. The molecule has 7 nitrogen and oxygen atoms in total. The summed E-state index contributed by atoms with van der Waals surface area (Å²) in [5.41, 5.74) is -0.978. The van der Waals surface area contributed by atoms with Gasteiger partial charge in [-0.25, -0.2) is 9.59 Å². The van der Waals surface area contributed by atoms with Crippen LogP contribution in [0.25, 0.3) is 0 Å². The first kappa shape index (κ1) is 26.7. The molecule has 2 fully saturated rings. The van der Waals surface area contributed by atoms with Crippen LogP contribution in [0.3, 0.4) is 0 Å². The van der Waals surface area contributed by atoms with Gasteiger partial charge in [-0.1, -0.05) is 26.2 Å². The average Bonchev–Trinajstić information content (AvgIpc) is 3.14. The Hall–Kier alpha value is -1.50. The van der Waals surface area contributed by atoms with Crippen molar-refractivity contribution in [3.05, 3.63) is 0 Å². The Balaban J connectivity index is 2.02. The van der Waals surface area contributed by atoms with E-state index in [0.29, 0.717) is 18.5 Å². The number of likely N-dealkylation sites (tertiary alicyclic amines) is 1. The second-order valence-electron chi connectivity index (χ2n) is 11.5. The van der Waals surface area contributed by atoms with E-state index in [2.05, 4.69) is 17.6 Å². The van der Waals surface area contributed by atoms with Crippen LogP contribution in [-0.4, -0.2) is 59.5 Å². The van der Waals surface area contributed by atoms with Crippen molar-refractivity contribution >= 4 is 12.2 Å². The van der Waals surface area contributed by atoms with E-state index in [9.17, 15) is 9.59 Å². The maximum absolute atomic E-state index is 12.9. The molecular weight excluding hydrogens is 406 g/mol. The standard InChI is InChI=1S/C25H47N3O4/c1-8-12-18(17-26-22(29)31-24(2,3)4)27-20-14-10-9-13-19(20)21-15-11-16-28(21)23(30)32-25(5,6)7/h18-21,27H,8-17H2,1-7H3,(H,26,29). The van der Waals surface area contributed by atoms with Crippen LogP contribution < -0.4 is 10.6 Å². The molecule has 0 aromatic carbocycles. The van der Waals surface area contributed by atoms with Crippen LogP contribution in [0, 0.1) is 5.92 Å². The number of hydrogen-bond acceptors (Lipinski definition) is 5. The highest BCUT2D eigenvalue weighted by atomic mass is 16.6. The number of nitrogens with one attached hydrogen (secondary N) is 2. The molecule has 4 atom stereocenters. The second kappa shape index (κ2) is 11.6. The Bertz CT molecular complexity index is 611. The summed E-state index contributed by atoms with van der Waals surface area (Å²) in [7, 11) is 0. The van der Waals surface area contributed by atoms with Crippen molar-refractivity contribution in [3.8, 4) is 0 Å². The quantitative estimate of drug-likeness (QED) is 0.552. The number of ether oxygens (including phenoxy) is 2. The van der Waals surface area contributed by atoms with Gasteiger partial charge in [0.1, 0.15) is 11.2 Å². The van der Waals surface area contributed by atoms with Gasteiger partial charge in [-0.05, 0) is 79.6 Å². The van der Waals surface area contributed by atoms with Crippen LogP contribution in [0.15, 0.2) is 0 Å². The summed E-state index contributed by atoms with van der Waals surface area (Å²) >= 11 is 0. The van der Waals surface area contributed by atoms with E-state index < -0.39 is 11.2 Å². The van der Waals surface area contributed by atoms with Gasteiger partial charge in [-0.15, -0.1) is 0 Å². The van der Waals surface area contributed by atoms with Gasteiger partial charge < -0.3 is 25.0 Å². The SMILES string of the molecule is CCCC(CNC(=O)OC(C)(C)C)NC1CCCCC1C1CCCN1C(=O)OC(C)(C)C. The summed E-state index contributed by atoms with van der Waals surface area (Å²) in [4.78, 5) is 27.0. The van der Waals surface area contributed by atoms with E-state index in [1.165, 1.54) is 12.8 Å². The van der Waals surface area contributed by atoms with Crippen molar-refractivity contribution in [1.29, 1.82) is 0 Å². The van der Waals surface area contributed by atoms with E-state index in [4.69, 9.17) is 9.47 Å². The predicted molar refractivity (Wildman–Crippen MR) is 128 cm³/mol. The molecule has 2 aliphatic rings. The number of nitrogens with zero attached hydrogens (tertiary/aromatic N) is 1. The zero-order chi connectivity index (χ0) is 23.9. The molecule has 4 unspecified atom stereocenters. The summed E-state index contributed by atoms with van der Waals surface area (Å²) in [6.07, 6.45) is 8.19. The molecule has 0 aromatic heterocycles. The highest BCUT2D eigenvalue weighted by Gasteiger charge is 2.41. The molecule has 0 spiro atoms. The molecule has 1 aliphatic heterocycles. The van der Waals surface area contributed by atoms with Gasteiger partial charge in [0.2, 0.25) is 0 Å². The Morgan fingerprint density at radius 3 is 2.25 bits per heavy atom. The third-order valence-electron chi connectivity index (χ3n) is 6.22. The van der Waals surface area contributed by atoms with Crippen LogP contribution >= 0.6 is 0 Å². The smallest absolute Gasteiger partial charge is 0.410 e. The fourth-order valence-electron chi connectivity index (χ4n) is 5.03. The minimum Gasteiger partial charge on any atom is -0.444 e. The normalized spacial score (nSPS) is 25.3. The zero-order valence-corrected chi connectivity index (χ0v) is 21.5. The summed E-state index contributed by atoms with van der Waals surface area (Å²) < 4.78 is 11.1. The topological polar surface area (TPSA) is 79.9 Å². The van der Waals surface area contributed by atoms with E-state index in [1.54, 1.807) is 0 Å². The number of carbonyl (C=O) groups excluding carboxylic acids is 2. The van der Waals surface area contributed by atoms with E-state index in [0.717, 1.165) is 45.1 Å². The number of hydrogen-bond donors (Lipinski definition) is 2. The highest BCUT2D eigenvalue weighted by molar-refractivity contribution is 5.69. The molecule has 1 heterocycles. The maximum Gasteiger partial charge on any atom is 0.410 e. The highest BCUT2D eigenvalue weighted by Crippen LogP contribution is 2.35. The molecule has 1 saturated heterocycles. The lowest BCUT2D eigenvalue weighted by atomic mass is 9.78. The van der Waals surface area contributed by atoms with Crippen LogP contribution in [0.5, 0.6) is 0 Å². The monoisotopic (exact) mass is 453 g/mol. The summed E-state index contributed by atoms with van der Waals surface area (Å²) in [6, 6.07) is 0.756. The van der Waals surface area contributed by atoms with Gasteiger partial charge >= 0.3 is 12.2 Å². The van der Waals surface area contributed by atoms with Crippen LogP contribution in [0.4, 0.5) is 9.59 Å². The minimum atomic E-state index is -0.500. The van der Waals surface area contributed by atoms with Gasteiger partial charge in [0, 0.05) is 31.2 Å². The minimum absolute atomic E-state index is 0.180. The van der Waals surface area contributed by atoms with Crippen molar-refractivity contribution in [2.75, 3.05) is 13.1 Å². The summed E-state index contributed by atoms with van der Waals surface area (Å²) in [5.74, 6) is 0.416. The van der Waals surface area contributed by atoms with Crippen LogP contribution in [-0.2, 0) is 9.47 Å². The van der Waals surface area contributed by atoms with Gasteiger partial charge in [0.05, 0.1) is 0 Å². The number of carbonyl (C=O) groups is 2.